The minimum absolute atomic E-state index is 0.0305. The van der Waals surface area contributed by atoms with Crippen molar-refractivity contribution in [2.75, 3.05) is 11.4 Å². The minimum Gasteiger partial charge on any atom is -0.339 e. The molecule has 0 N–H and O–H groups in total. The van der Waals surface area contributed by atoms with Crippen molar-refractivity contribution in [3.8, 4) is 11.4 Å². The van der Waals surface area contributed by atoms with Gasteiger partial charge in [-0.2, -0.15) is 4.98 Å². The second-order valence-electron chi connectivity index (χ2n) is 6.16. The van der Waals surface area contributed by atoms with E-state index in [1.807, 2.05) is 43.3 Å². The van der Waals surface area contributed by atoms with Gasteiger partial charge in [0.25, 0.3) is 0 Å². The first-order chi connectivity index (χ1) is 12.1. The summed E-state index contributed by atoms with van der Waals surface area (Å²) in [5.41, 5.74) is 2.81. The van der Waals surface area contributed by atoms with Crippen LogP contribution in [0.4, 0.5) is 5.69 Å². The van der Waals surface area contributed by atoms with Crippen molar-refractivity contribution in [2.24, 2.45) is 0 Å². The van der Waals surface area contributed by atoms with E-state index in [1.54, 1.807) is 17.0 Å². The molecule has 126 valence electrons. The number of nitrogens with zero attached hydrogens (tertiary/aromatic N) is 3. The first-order valence-corrected chi connectivity index (χ1v) is 8.45. The van der Waals surface area contributed by atoms with E-state index in [1.165, 1.54) is 0 Å². The quantitative estimate of drug-likeness (QED) is 0.707. The molecule has 0 spiro atoms. The Bertz CT molecular complexity index is 938. The van der Waals surface area contributed by atoms with Crippen LogP contribution in [0.2, 0.25) is 5.02 Å². The van der Waals surface area contributed by atoms with E-state index < -0.39 is 0 Å². The molecular formula is C19H16ClN3O2. The molecule has 1 aromatic heterocycles. The van der Waals surface area contributed by atoms with Crippen LogP contribution in [0, 0.1) is 6.92 Å². The molecule has 2 aromatic carbocycles. The molecule has 4 rings (SSSR count). The van der Waals surface area contributed by atoms with E-state index in [2.05, 4.69) is 10.1 Å². The fraction of sp³-hybridized carbons (Fsp3) is 0.211. The van der Waals surface area contributed by atoms with Gasteiger partial charge < -0.3 is 9.42 Å². The smallest absolute Gasteiger partial charge is 0.232 e. The predicted molar refractivity (Wildman–Crippen MR) is 95.6 cm³/mol. The zero-order valence-electron chi connectivity index (χ0n) is 13.6. The second kappa shape index (κ2) is 6.33. The Labute approximate surface area is 150 Å². The minimum atomic E-state index is -0.114. The number of benzene rings is 2. The summed E-state index contributed by atoms with van der Waals surface area (Å²) in [7, 11) is 0. The molecule has 1 atom stereocenters. The third kappa shape index (κ3) is 3.03. The van der Waals surface area contributed by atoms with Crippen LogP contribution < -0.4 is 4.90 Å². The standard InChI is InChI=1S/C19H16ClN3O2/c1-12-5-2-3-8-16(12)18-21-19(25-22-18)13-9-17(24)23(11-13)15-7-4-6-14(20)10-15/h2-8,10,13H,9,11H2,1H3. The van der Waals surface area contributed by atoms with Gasteiger partial charge in [0.1, 0.15) is 0 Å². The summed E-state index contributed by atoms with van der Waals surface area (Å²) in [5, 5.41) is 4.70. The van der Waals surface area contributed by atoms with E-state index in [0.717, 1.165) is 16.8 Å². The lowest BCUT2D eigenvalue weighted by molar-refractivity contribution is -0.117. The summed E-state index contributed by atoms with van der Waals surface area (Å²) < 4.78 is 5.45. The first kappa shape index (κ1) is 15.8. The number of amides is 1. The molecule has 1 fully saturated rings. The van der Waals surface area contributed by atoms with Crippen molar-refractivity contribution in [1.29, 1.82) is 0 Å². The summed E-state index contributed by atoms with van der Waals surface area (Å²) in [4.78, 5) is 18.6. The highest BCUT2D eigenvalue weighted by Gasteiger charge is 2.35. The summed E-state index contributed by atoms with van der Waals surface area (Å²) in [6.45, 7) is 2.51. The van der Waals surface area contributed by atoms with Gasteiger partial charge in [-0.15, -0.1) is 0 Å². The maximum atomic E-state index is 12.4. The molecule has 5 nitrogen and oxygen atoms in total. The lowest BCUT2D eigenvalue weighted by atomic mass is 10.1. The maximum absolute atomic E-state index is 12.4. The number of halogens is 1. The van der Waals surface area contributed by atoms with Gasteiger partial charge in [-0.05, 0) is 30.7 Å². The fourth-order valence-corrected chi connectivity index (χ4v) is 3.29. The summed E-state index contributed by atoms with van der Waals surface area (Å²) in [6, 6.07) is 15.2. The van der Waals surface area contributed by atoms with Gasteiger partial charge >= 0.3 is 0 Å². The van der Waals surface area contributed by atoms with Gasteiger partial charge in [0, 0.05) is 29.2 Å². The highest BCUT2D eigenvalue weighted by Crippen LogP contribution is 2.33. The largest absolute Gasteiger partial charge is 0.339 e. The normalized spacial score (nSPS) is 17.3. The van der Waals surface area contributed by atoms with Crippen molar-refractivity contribution in [3.63, 3.8) is 0 Å². The number of hydrogen-bond donors (Lipinski definition) is 0. The number of rotatable bonds is 3. The third-order valence-electron chi connectivity index (χ3n) is 4.42. The number of hydrogen-bond acceptors (Lipinski definition) is 4. The molecule has 0 radical (unpaired) electrons. The second-order valence-corrected chi connectivity index (χ2v) is 6.59. The van der Waals surface area contributed by atoms with Crippen LogP contribution in [-0.4, -0.2) is 22.6 Å². The number of anilines is 1. The highest BCUT2D eigenvalue weighted by molar-refractivity contribution is 6.30. The fourth-order valence-electron chi connectivity index (χ4n) is 3.10. The molecule has 2 heterocycles. The molecule has 1 aliphatic rings. The van der Waals surface area contributed by atoms with E-state index in [9.17, 15) is 4.79 Å². The number of carbonyl (C=O) groups is 1. The number of carbonyl (C=O) groups excluding carboxylic acids is 1. The molecule has 1 unspecified atom stereocenters. The predicted octanol–water partition coefficient (Wildman–Crippen LogP) is 4.22. The molecule has 0 saturated carbocycles. The summed E-state index contributed by atoms with van der Waals surface area (Å²) in [5.74, 6) is 0.970. The molecule has 25 heavy (non-hydrogen) atoms. The number of aromatic nitrogens is 2. The van der Waals surface area contributed by atoms with Gasteiger partial charge in [-0.25, -0.2) is 0 Å². The summed E-state index contributed by atoms with van der Waals surface area (Å²) >= 11 is 6.03. The third-order valence-corrected chi connectivity index (χ3v) is 4.66. The zero-order valence-corrected chi connectivity index (χ0v) is 14.4. The summed E-state index contributed by atoms with van der Waals surface area (Å²) in [6.07, 6.45) is 0.349. The maximum Gasteiger partial charge on any atom is 0.232 e. The lowest BCUT2D eigenvalue weighted by Gasteiger charge is -2.16. The van der Waals surface area contributed by atoms with E-state index in [-0.39, 0.29) is 11.8 Å². The zero-order chi connectivity index (χ0) is 17.4. The SMILES string of the molecule is Cc1ccccc1-c1noc(C2CC(=O)N(c3cccc(Cl)c3)C2)n1. The Balaban J connectivity index is 1.58. The van der Waals surface area contributed by atoms with Gasteiger partial charge in [0.15, 0.2) is 0 Å². The first-order valence-electron chi connectivity index (χ1n) is 8.07. The molecule has 3 aromatic rings. The Kier molecular flexibility index (Phi) is 4.01. The molecule has 0 bridgehead atoms. The van der Waals surface area contributed by atoms with E-state index in [4.69, 9.17) is 16.1 Å². The Hall–Kier alpha value is -2.66. The van der Waals surface area contributed by atoms with Crippen LogP contribution in [0.3, 0.4) is 0 Å². The molecular weight excluding hydrogens is 338 g/mol. The van der Waals surface area contributed by atoms with Crippen molar-refractivity contribution in [2.45, 2.75) is 19.3 Å². The van der Waals surface area contributed by atoms with Crippen molar-refractivity contribution in [3.05, 3.63) is 65.0 Å². The van der Waals surface area contributed by atoms with Gasteiger partial charge in [0.2, 0.25) is 17.6 Å². The number of aryl methyl sites for hydroxylation is 1. The monoisotopic (exact) mass is 353 g/mol. The van der Waals surface area contributed by atoms with Gasteiger partial charge in [0.05, 0.1) is 5.92 Å². The van der Waals surface area contributed by atoms with Crippen molar-refractivity contribution < 1.29 is 9.32 Å². The average Bonchev–Trinajstić information content (AvgIpc) is 3.22. The van der Waals surface area contributed by atoms with Crippen molar-refractivity contribution in [1.82, 2.24) is 10.1 Å². The Morgan fingerprint density at radius 1 is 1.20 bits per heavy atom. The van der Waals surface area contributed by atoms with Crippen LogP contribution in [0.15, 0.2) is 53.1 Å². The van der Waals surface area contributed by atoms with Crippen LogP contribution >= 0.6 is 11.6 Å². The average molecular weight is 354 g/mol. The highest BCUT2D eigenvalue weighted by atomic mass is 35.5. The Morgan fingerprint density at radius 3 is 2.84 bits per heavy atom. The lowest BCUT2D eigenvalue weighted by Crippen LogP contribution is -2.24. The topological polar surface area (TPSA) is 59.2 Å². The van der Waals surface area contributed by atoms with Crippen molar-refractivity contribution >= 4 is 23.2 Å². The van der Waals surface area contributed by atoms with E-state index >= 15 is 0 Å². The molecule has 0 aliphatic carbocycles. The van der Waals surface area contributed by atoms with Gasteiger partial charge in [-0.1, -0.05) is 47.1 Å². The van der Waals surface area contributed by atoms with Crippen LogP contribution in [-0.2, 0) is 4.79 Å². The molecule has 1 amide bonds. The van der Waals surface area contributed by atoms with Crippen LogP contribution in [0.5, 0.6) is 0 Å². The molecule has 6 heteroatoms. The van der Waals surface area contributed by atoms with Crippen LogP contribution in [0.25, 0.3) is 11.4 Å². The van der Waals surface area contributed by atoms with Crippen LogP contribution in [0.1, 0.15) is 23.8 Å². The van der Waals surface area contributed by atoms with E-state index in [0.29, 0.717) is 29.7 Å². The molecule has 1 aliphatic heterocycles. The Morgan fingerprint density at radius 2 is 2.04 bits per heavy atom. The molecule has 1 saturated heterocycles. The van der Waals surface area contributed by atoms with Gasteiger partial charge in [-0.3, -0.25) is 4.79 Å².